The van der Waals surface area contributed by atoms with Crippen LogP contribution in [-0.4, -0.2) is 19.4 Å². The zero-order valence-corrected chi connectivity index (χ0v) is 12.8. The van der Waals surface area contributed by atoms with Gasteiger partial charge in [0.25, 0.3) is 0 Å². The van der Waals surface area contributed by atoms with E-state index in [2.05, 4.69) is 9.93 Å². The summed E-state index contributed by atoms with van der Waals surface area (Å²) in [5, 5.41) is 3.69. The van der Waals surface area contributed by atoms with Gasteiger partial charge in [-0.15, -0.1) is 0 Å². The fraction of sp³-hybridized carbons (Fsp3) is 0.923. The Morgan fingerprint density at radius 3 is 2.22 bits per heavy atom. The lowest BCUT2D eigenvalue weighted by molar-refractivity contribution is 0.437. The number of hydrogen-bond donors (Lipinski definition) is 1. The molecule has 0 radical (unpaired) electrons. The minimum atomic E-state index is -3.33. The van der Waals surface area contributed by atoms with Crippen LogP contribution in [0.3, 0.4) is 0 Å². The van der Waals surface area contributed by atoms with Crippen molar-refractivity contribution in [1.82, 2.24) is 4.83 Å². The second-order valence-corrected chi connectivity index (χ2v) is 7.69. The van der Waals surface area contributed by atoms with Gasteiger partial charge >= 0.3 is 0 Å². The molecular formula is C13H26N2O2S. The number of nitrogens with one attached hydrogen (secondary N) is 1. The van der Waals surface area contributed by atoms with Gasteiger partial charge in [0.2, 0.25) is 10.0 Å². The highest BCUT2D eigenvalue weighted by atomic mass is 32.2. The average Bonchev–Trinajstić information content (AvgIpc) is 2.36. The lowest BCUT2D eigenvalue weighted by Gasteiger charge is -2.22. The highest BCUT2D eigenvalue weighted by Crippen LogP contribution is 2.24. The fourth-order valence-corrected chi connectivity index (χ4v) is 3.34. The van der Waals surface area contributed by atoms with Crippen molar-refractivity contribution in [3.8, 4) is 0 Å². The number of sulfonamides is 1. The third kappa shape index (κ3) is 4.26. The summed E-state index contributed by atoms with van der Waals surface area (Å²) in [7, 11) is -3.33. The smallest absolute Gasteiger partial charge is 0.205 e. The molecule has 0 aromatic rings. The minimum Gasteiger partial charge on any atom is -0.205 e. The van der Waals surface area contributed by atoms with Crippen LogP contribution in [-0.2, 0) is 10.0 Å². The SMILES string of the molecule is C/C(=N\NS(=O)(=O)C(C)C(C)C)C1CCCCC1. The van der Waals surface area contributed by atoms with Crippen molar-refractivity contribution < 1.29 is 8.42 Å². The first-order chi connectivity index (χ1) is 8.34. The number of nitrogens with zero attached hydrogens (tertiary/aromatic N) is 1. The van der Waals surface area contributed by atoms with Crippen LogP contribution >= 0.6 is 0 Å². The highest BCUT2D eigenvalue weighted by molar-refractivity contribution is 7.90. The van der Waals surface area contributed by atoms with Gasteiger partial charge in [-0.3, -0.25) is 0 Å². The van der Waals surface area contributed by atoms with Crippen molar-refractivity contribution in [2.45, 2.75) is 65.0 Å². The van der Waals surface area contributed by atoms with E-state index in [-0.39, 0.29) is 5.92 Å². The van der Waals surface area contributed by atoms with Crippen LogP contribution in [0.2, 0.25) is 0 Å². The van der Waals surface area contributed by atoms with Crippen molar-refractivity contribution in [3.05, 3.63) is 0 Å². The molecule has 0 aromatic carbocycles. The lowest BCUT2D eigenvalue weighted by atomic mass is 9.86. The Bertz CT molecular complexity index is 382. The predicted molar refractivity (Wildman–Crippen MR) is 76.0 cm³/mol. The van der Waals surface area contributed by atoms with Crippen molar-refractivity contribution in [3.63, 3.8) is 0 Å². The average molecular weight is 274 g/mol. The maximum absolute atomic E-state index is 11.9. The number of hydrogen-bond acceptors (Lipinski definition) is 3. The molecule has 5 heteroatoms. The number of hydrazone groups is 1. The molecule has 0 amide bonds. The van der Waals surface area contributed by atoms with Gasteiger partial charge < -0.3 is 0 Å². The second-order valence-electron chi connectivity index (χ2n) is 5.67. The quantitative estimate of drug-likeness (QED) is 0.619. The van der Waals surface area contributed by atoms with Crippen LogP contribution < -0.4 is 4.83 Å². The number of rotatable bonds is 5. The molecule has 1 aliphatic rings. The molecule has 1 fully saturated rings. The summed E-state index contributed by atoms with van der Waals surface area (Å²) in [4.78, 5) is 2.40. The third-order valence-electron chi connectivity index (χ3n) is 3.97. The summed E-state index contributed by atoms with van der Waals surface area (Å²) >= 11 is 0. The molecule has 0 saturated heterocycles. The first kappa shape index (κ1) is 15.5. The van der Waals surface area contributed by atoms with Gasteiger partial charge in [-0.2, -0.15) is 5.10 Å². The first-order valence-corrected chi connectivity index (χ1v) is 8.44. The molecular weight excluding hydrogens is 248 g/mol. The van der Waals surface area contributed by atoms with E-state index in [0.29, 0.717) is 5.92 Å². The monoisotopic (exact) mass is 274 g/mol. The van der Waals surface area contributed by atoms with Crippen molar-refractivity contribution in [1.29, 1.82) is 0 Å². The van der Waals surface area contributed by atoms with Gasteiger partial charge in [0, 0.05) is 5.71 Å². The summed E-state index contributed by atoms with van der Waals surface area (Å²) in [6, 6.07) is 0. The molecule has 1 unspecified atom stereocenters. The van der Waals surface area contributed by atoms with Gasteiger partial charge in [0.15, 0.2) is 0 Å². The summed E-state index contributed by atoms with van der Waals surface area (Å²) in [5.41, 5.74) is 0.925. The Labute approximate surface area is 111 Å². The molecule has 0 aliphatic heterocycles. The van der Waals surface area contributed by atoms with E-state index in [1.807, 2.05) is 20.8 Å². The molecule has 1 saturated carbocycles. The molecule has 18 heavy (non-hydrogen) atoms. The van der Waals surface area contributed by atoms with Crippen LogP contribution in [0.5, 0.6) is 0 Å². The molecule has 0 heterocycles. The second kappa shape index (κ2) is 6.55. The van der Waals surface area contributed by atoms with Crippen LogP contribution in [0.1, 0.15) is 59.8 Å². The summed E-state index contributed by atoms with van der Waals surface area (Å²) in [5.74, 6) is 0.545. The highest BCUT2D eigenvalue weighted by Gasteiger charge is 2.24. The standard InChI is InChI=1S/C13H26N2O2S/c1-10(2)12(4)18(16,17)15-14-11(3)13-8-6-5-7-9-13/h10,12-13,15H,5-9H2,1-4H3/b14-11+. The van der Waals surface area contributed by atoms with E-state index in [4.69, 9.17) is 0 Å². The topological polar surface area (TPSA) is 58.5 Å². The predicted octanol–water partition coefficient (Wildman–Crippen LogP) is 2.91. The Morgan fingerprint density at radius 2 is 1.72 bits per heavy atom. The van der Waals surface area contributed by atoms with Gasteiger partial charge in [-0.1, -0.05) is 33.1 Å². The molecule has 1 atom stereocenters. The molecule has 1 N–H and O–H groups in total. The summed E-state index contributed by atoms with van der Waals surface area (Å²) < 4.78 is 23.9. The normalized spacial score (nSPS) is 21.1. The first-order valence-electron chi connectivity index (χ1n) is 6.89. The van der Waals surface area contributed by atoms with Crippen molar-refractivity contribution in [2.24, 2.45) is 16.9 Å². The largest absolute Gasteiger partial charge is 0.250 e. The minimum absolute atomic E-state index is 0.0905. The zero-order valence-electron chi connectivity index (χ0n) is 11.9. The van der Waals surface area contributed by atoms with E-state index in [9.17, 15) is 8.42 Å². The van der Waals surface area contributed by atoms with E-state index in [1.165, 1.54) is 19.3 Å². The summed E-state index contributed by atoms with van der Waals surface area (Å²) in [6.07, 6.45) is 6.02. The Kier molecular flexibility index (Phi) is 5.63. The molecule has 1 aliphatic carbocycles. The molecule has 106 valence electrons. The third-order valence-corrected chi connectivity index (χ3v) is 5.84. The Morgan fingerprint density at radius 1 is 1.17 bits per heavy atom. The fourth-order valence-electron chi connectivity index (χ4n) is 2.19. The maximum Gasteiger partial charge on any atom is 0.250 e. The van der Waals surface area contributed by atoms with Crippen LogP contribution in [0.15, 0.2) is 5.10 Å². The van der Waals surface area contributed by atoms with Crippen molar-refractivity contribution >= 4 is 15.7 Å². The molecule has 4 nitrogen and oxygen atoms in total. The van der Waals surface area contributed by atoms with Gasteiger partial charge in [-0.25, -0.2) is 13.2 Å². The molecule has 1 rings (SSSR count). The summed E-state index contributed by atoms with van der Waals surface area (Å²) in [6.45, 7) is 7.46. The zero-order chi connectivity index (χ0) is 13.8. The van der Waals surface area contributed by atoms with Crippen LogP contribution in [0.4, 0.5) is 0 Å². The maximum atomic E-state index is 11.9. The van der Waals surface area contributed by atoms with Gasteiger partial charge in [0.05, 0.1) is 5.25 Å². The van der Waals surface area contributed by atoms with Gasteiger partial charge in [0.1, 0.15) is 0 Å². The van der Waals surface area contributed by atoms with Crippen LogP contribution in [0, 0.1) is 11.8 Å². The molecule has 0 aromatic heterocycles. The lowest BCUT2D eigenvalue weighted by Crippen LogP contribution is -2.33. The van der Waals surface area contributed by atoms with Crippen LogP contribution in [0.25, 0.3) is 0 Å². The van der Waals surface area contributed by atoms with Crippen molar-refractivity contribution in [2.75, 3.05) is 0 Å². The molecule has 0 spiro atoms. The van der Waals surface area contributed by atoms with E-state index in [1.54, 1.807) is 6.92 Å². The van der Waals surface area contributed by atoms with E-state index < -0.39 is 15.3 Å². The Hall–Kier alpha value is -0.580. The van der Waals surface area contributed by atoms with Gasteiger partial charge in [-0.05, 0) is 38.5 Å². The Balaban J connectivity index is 2.61. The molecule has 0 bridgehead atoms. The van der Waals surface area contributed by atoms with E-state index in [0.717, 1.165) is 18.6 Å². The van der Waals surface area contributed by atoms with E-state index >= 15 is 0 Å².